The van der Waals surface area contributed by atoms with Crippen LogP contribution in [-0.2, 0) is 11.3 Å². The lowest BCUT2D eigenvalue weighted by atomic mass is 10.1. The van der Waals surface area contributed by atoms with E-state index >= 15 is 0 Å². The molecule has 0 spiro atoms. The van der Waals surface area contributed by atoms with Crippen LogP contribution >= 0.6 is 11.6 Å². The van der Waals surface area contributed by atoms with Gasteiger partial charge in [0.15, 0.2) is 5.43 Å². The fourth-order valence-corrected chi connectivity index (χ4v) is 4.10. The van der Waals surface area contributed by atoms with Gasteiger partial charge in [-0.3, -0.25) is 9.59 Å². The van der Waals surface area contributed by atoms with Gasteiger partial charge in [-0.05, 0) is 43.7 Å². The van der Waals surface area contributed by atoms with Crippen molar-refractivity contribution in [1.82, 2.24) is 9.47 Å². The second kappa shape index (κ2) is 7.91. The maximum Gasteiger partial charge on any atom is 0.242 e. The van der Waals surface area contributed by atoms with E-state index in [4.69, 9.17) is 11.6 Å². The normalized spacial score (nSPS) is 14.4. The monoisotopic (exact) mass is 409 g/mol. The van der Waals surface area contributed by atoms with Gasteiger partial charge in [0.2, 0.25) is 5.91 Å². The number of rotatable bonds is 3. The van der Waals surface area contributed by atoms with Crippen molar-refractivity contribution < 1.29 is 4.79 Å². The van der Waals surface area contributed by atoms with Gasteiger partial charge in [0.05, 0.1) is 5.52 Å². The molecule has 1 aliphatic rings. The molecule has 1 saturated heterocycles. The molecule has 2 heterocycles. The van der Waals surface area contributed by atoms with Crippen molar-refractivity contribution in [2.24, 2.45) is 0 Å². The summed E-state index contributed by atoms with van der Waals surface area (Å²) in [6.45, 7) is 7.16. The number of amides is 1. The molecule has 3 aromatic rings. The third-order valence-corrected chi connectivity index (χ3v) is 5.82. The molecule has 29 heavy (non-hydrogen) atoms. The molecule has 5 nitrogen and oxygen atoms in total. The molecule has 6 heteroatoms. The number of pyridine rings is 1. The second-order valence-electron chi connectivity index (χ2n) is 7.63. The van der Waals surface area contributed by atoms with Crippen LogP contribution in [0, 0.1) is 13.8 Å². The molecule has 1 amide bonds. The van der Waals surface area contributed by atoms with E-state index in [9.17, 15) is 9.59 Å². The molecule has 0 radical (unpaired) electrons. The van der Waals surface area contributed by atoms with Crippen LogP contribution in [0.15, 0.2) is 53.5 Å². The van der Waals surface area contributed by atoms with Gasteiger partial charge >= 0.3 is 0 Å². The van der Waals surface area contributed by atoms with Crippen LogP contribution in [0.3, 0.4) is 0 Å². The number of carbonyl (C=O) groups is 1. The molecule has 2 aromatic carbocycles. The van der Waals surface area contributed by atoms with Crippen LogP contribution in [0.25, 0.3) is 10.9 Å². The highest BCUT2D eigenvalue weighted by Crippen LogP contribution is 2.25. The maximum atomic E-state index is 12.9. The van der Waals surface area contributed by atoms with Crippen LogP contribution in [0.5, 0.6) is 0 Å². The van der Waals surface area contributed by atoms with Gasteiger partial charge < -0.3 is 14.4 Å². The molecular formula is C23H24ClN3O2. The summed E-state index contributed by atoms with van der Waals surface area (Å²) in [6.07, 6.45) is 1.71. The molecule has 1 fully saturated rings. The van der Waals surface area contributed by atoms with Crippen LogP contribution < -0.4 is 10.3 Å². The van der Waals surface area contributed by atoms with Gasteiger partial charge in [-0.1, -0.05) is 29.3 Å². The fourth-order valence-electron chi connectivity index (χ4n) is 3.93. The number of benzene rings is 2. The molecule has 0 bridgehead atoms. The SMILES string of the molecule is Cc1ccc2c(c1)c(=O)ccn2CC(=O)N1CCN(c2cc(Cl)ccc2C)CC1. The molecule has 1 aromatic heterocycles. The molecular weight excluding hydrogens is 386 g/mol. The molecule has 4 rings (SSSR count). The Morgan fingerprint density at radius 3 is 2.52 bits per heavy atom. The number of halogens is 1. The van der Waals surface area contributed by atoms with Gasteiger partial charge in [0, 0.05) is 54.5 Å². The maximum absolute atomic E-state index is 12.9. The van der Waals surface area contributed by atoms with Crippen LogP contribution in [0.4, 0.5) is 5.69 Å². The number of hydrogen-bond acceptors (Lipinski definition) is 3. The van der Waals surface area contributed by atoms with Crippen LogP contribution in [0.1, 0.15) is 11.1 Å². The minimum absolute atomic E-state index is 0.0158. The number of nitrogens with zero attached hydrogens (tertiary/aromatic N) is 3. The smallest absolute Gasteiger partial charge is 0.242 e. The lowest BCUT2D eigenvalue weighted by molar-refractivity contribution is -0.132. The van der Waals surface area contributed by atoms with E-state index in [0.29, 0.717) is 18.5 Å². The van der Waals surface area contributed by atoms with Gasteiger partial charge in [-0.15, -0.1) is 0 Å². The summed E-state index contributed by atoms with van der Waals surface area (Å²) in [5, 5.41) is 1.38. The Balaban J connectivity index is 1.47. The van der Waals surface area contributed by atoms with E-state index in [1.807, 2.05) is 52.8 Å². The minimum atomic E-state index is -0.0158. The highest BCUT2D eigenvalue weighted by Gasteiger charge is 2.22. The standard InChI is InChI=1S/C23H24ClN3O2/c1-16-3-6-20-19(13-16)22(28)7-8-27(20)15-23(29)26-11-9-25(10-12-26)21-14-18(24)5-4-17(21)2/h3-8,13-14H,9-12,15H2,1-2H3. The predicted octanol–water partition coefficient (Wildman–Crippen LogP) is 3.62. The lowest BCUT2D eigenvalue weighted by Crippen LogP contribution is -2.49. The van der Waals surface area contributed by atoms with Crippen molar-refractivity contribution in [3.05, 3.63) is 75.0 Å². The first-order valence-electron chi connectivity index (χ1n) is 9.81. The highest BCUT2D eigenvalue weighted by atomic mass is 35.5. The predicted molar refractivity (Wildman–Crippen MR) is 118 cm³/mol. The van der Waals surface area contributed by atoms with Crippen molar-refractivity contribution in [2.75, 3.05) is 31.1 Å². The van der Waals surface area contributed by atoms with Crippen LogP contribution in [-0.4, -0.2) is 41.6 Å². The molecule has 0 saturated carbocycles. The number of aromatic nitrogens is 1. The Labute approximate surface area is 175 Å². The summed E-state index contributed by atoms with van der Waals surface area (Å²) >= 11 is 6.16. The third-order valence-electron chi connectivity index (χ3n) is 5.58. The topological polar surface area (TPSA) is 45.6 Å². The molecule has 0 unspecified atom stereocenters. The number of hydrogen-bond donors (Lipinski definition) is 0. The van der Waals surface area contributed by atoms with E-state index in [1.165, 1.54) is 11.6 Å². The summed E-state index contributed by atoms with van der Waals surface area (Å²) in [5.41, 5.74) is 4.13. The first-order valence-corrected chi connectivity index (χ1v) is 10.2. The average molecular weight is 410 g/mol. The molecule has 0 N–H and O–H groups in total. The summed E-state index contributed by atoms with van der Waals surface area (Å²) in [4.78, 5) is 29.3. The van der Waals surface area contributed by atoms with E-state index in [-0.39, 0.29) is 17.9 Å². The molecule has 0 aliphatic carbocycles. The van der Waals surface area contributed by atoms with Gasteiger partial charge in [0.25, 0.3) is 0 Å². The molecule has 0 atom stereocenters. The number of piperazine rings is 1. The zero-order valence-corrected chi connectivity index (χ0v) is 17.4. The van der Waals surface area contributed by atoms with E-state index < -0.39 is 0 Å². The number of anilines is 1. The Hall–Kier alpha value is -2.79. The van der Waals surface area contributed by atoms with Crippen molar-refractivity contribution in [1.29, 1.82) is 0 Å². The summed E-state index contributed by atoms with van der Waals surface area (Å²) < 4.78 is 1.87. The Bertz CT molecular complexity index is 1130. The molecule has 1 aliphatic heterocycles. The third kappa shape index (κ3) is 4.01. The van der Waals surface area contributed by atoms with Gasteiger partial charge in [0.1, 0.15) is 6.54 Å². The number of carbonyl (C=O) groups excluding carboxylic acids is 1. The highest BCUT2D eigenvalue weighted by molar-refractivity contribution is 6.30. The van der Waals surface area contributed by atoms with Crippen molar-refractivity contribution >= 4 is 34.1 Å². The summed E-state index contributed by atoms with van der Waals surface area (Å²) in [5.74, 6) is 0.0676. The van der Waals surface area contributed by atoms with Crippen molar-refractivity contribution in [3.63, 3.8) is 0 Å². The first-order chi connectivity index (χ1) is 13.9. The largest absolute Gasteiger partial charge is 0.368 e. The second-order valence-corrected chi connectivity index (χ2v) is 8.06. The quantitative estimate of drug-likeness (QED) is 0.663. The Morgan fingerprint density at radius 2 is 1.76 bits per heavy atom. The Morgan fingerprint density at radius 1 is 1.00 bits per heavy atom. The van der Waals surface area contributed by atoms with Crippen LogP contribution in [0.2, 0.25) is 5.02 Å². The van der Waals surface area contributed by atoms with E-state index in [1.54, 1.807) is 6.20 Å². The summed E-state index contributed by atoms with van der Waals surface area (Å²) in [6, 6.07) is 13.2. The van der Waals surface area contributed by atoms with E-state index in [2.05, 4.69) is 11.8 Å². The first kappa shape index (κ1) is 19.5. The van der Waals surface area contributed by atoms with Gasteiger partial charge in [-0.2, -0.15) is 0 Å². The zero-order chi connectivity index (χ0) is 20.5. The zero-order valence-electron chi connectivity index (χ0n) is 16.7. The number of aryl methyl sites for hydroxylation is 2. The lowest BCUT2D eigenvalue weighted by Gasteiger charge is -2.37. The minimum Gasteiger partial charge on any atom is -0.368 e. The van der Waals surface area contributed by atoms with Crippen molar-refractivity contribution in [2.45, 2.75) is 20.4 Å². The van der Waals surface area contributed by atoms with Gasteiger partial charge in [-0.25, -0.2) is 0 Å². The molecule has 150 valence electrons. The fraction of sp³-hybridized carbons (Fsp3) is 0.304. The summed E-state index contributed by atoms with van der Waals surface area (Å²) in [7, 11) is 0. The van der Waals surface area contributed by atoms with E-state index in [0.717, 1.165) is 34.9 Å². The Kier molecular flexibility index (Phi) is 5.33. The number of fused-ring (bicyclic) bond motifs is 1. The van der Waals surface area contributed by atoms with Crippen molar-refractivity contribution in [3.8, 4) is 0 Å². The average Bonchev–Trinajstić information content (AvgIpc) is 2.72.